The van der Waals surface area contributed by atoms with Gasteiger partial charge >= 0.3 is 0 Å². The number of ether oxygens (including phenoxy) is 2. The van der Waals surface area contributed by atoms with E-state index in [4.69, 9.17) is 14.6 Å². The lowest BCUT2D eigenvalue weighted by Gasteiger charge is -2.38. The summed E-state index contributed by atoms with van der Waals surface area (Å²) in [6.45, 7) is 5.05. The molecule has 0 unspecified atom stereocenters. The van der Waals surface area contributed by atoms with Gasteiger partial charge in [0.15, 0.2) is 6.29 Å². The summed E-state index contributed by atoms with van der Waals surface area (Å²) in [7, 11) is 0. The highest BCUT2D eigenvalue weighted by Crippen LogP contribution is 2.55. The van der Waals surface area contributed by atoms with Gasteiger partial charge in [0.1, 0.15) is 11.7 Å². The predicted octanol–water partition coefficient (Wildman–Crippen LogP) is -0.369. The number of aliphatic hydroxyl groups is 3. The molecule has 0 spiro atoms. The van der Waals surface area contributed by atoms with Gasteiger partial charge in [0, 0.05) is 0 Å². The second kappa shape index (κ2) is 3.65. The number of hydrogen-bond acceptors (Lipinski definition) is 5. The maximum Gasteiger partial charge on any atom is 0.169 e. The molecular formula is C11H20O5. The Kier molecular flexibility index (Phi) is 2.79. The fraction of sp³-hybridized carbons (Fsp3) is 1.00. The van der Waals surface area contributed by atoms with Crippen LogP contribution < -0.4 is 0 Å². The second-order valence-corrected chi connectivity index (χ2v) is 5.10. The number of rotatable bonds is 2. The molecule has 0 aromatic rings. The Morgan fingerprint density at radius 1 is 1.25 bits per heavy atom. The summed E-state index contributed by atoms with van der Waals surface area (Å²) in [6.07, 6.45) is -1.95. The van der Waals surface area contributed by atoms with E-state index in [1.807, 2.05) is 6.92 Å². The molecule has 5 nitrogen and oxygen atoms in total. The average Bonchev–Trinajstić information content (AvgIpc) is 2.60. The lowest BCUT2D eigenvalue weighted by molar-refractivity contribution is -0.160. The van der Waals surface area contributed by atoms with Crippen molar-refractivity contribution < 1.29 is 24.8 Å². The van der Waals surface area contributed by atoms with Crippen LogP contribution in [0.15, 0.2) is 0 Å². The molecule has 16 heavy (non-hydrogen) atoms. The van der Waals surface area contributed by atoms with Crippen LogP contribution in [-0.2, 0) is 9.47 Å². The van der Waals surface area contributed by atoms with Crippen molar-refractivity contribution in [3.8, 4) is 0 Å². The van der Waals surface area contributed by atoms with Gasteiger partial charge in [0.2, 0.25) is 0 Å². The quantitative estimate of drug-likeness (QED) is 0.605. The summed E-state index contributed by atoms with van der Waals surface area (Å²) in [5.74, 6) is 0. The Labute approximate surface area is 95.0 Å². The molecule has 0 aliphatic carbocycles. The molecule has 2 aliphatic heterocycles. The highest BCUT2D eigenvalue weighted by Gasteiger charge is 2.69. The Hall–Kier alpha value is -0.200. The molecule has 5 heteroatoms. The van der Waals surface area contributed by atoms with Gasteiger partial charge in [-0.1, -0.05) is 6.92 Å². The van der Waals surface area contributed by atoms with Crippen molar-refractivity contribution in [3.63, 3.8) is 0 Å². The molecule has 0 saturated carbocycles. The Balaban J connectivity index is 2.33. The summed E-state index contributed by atoms with van der Waals surface area (Å²) >= 11 is 0. The third-order valence-corrected chi connectivity index (χ3v) is 4.31. The van der Waals surface area contributed by atoms with E-state index >= 15 is 0 Å². The van der Waals surface area contributed by atoms with Crippen LogP contribution >= 0.6 is 0 Å². The second-order valence-electron chi connectivity index (χ2n) is 5.10. The van der Waals surface area contributed by atoms with E-state index in [1.165, 1.54) is 0 Å². The van der Waals surface area contributed by atoms with Crippen molar-refractivity contribution in [2.45, 2.75) is 57.4 Å². The first-order chi connectivity index (χ1) is 7.39. The van der Waals surface area contributed by atoms with Crippen molar-refractivity contribution >= 4 is 0 Å². The van der Waals surface area contributed by atoms with Crippen LogP contribution in [-0.4, -0.2) is 52.1 Å². The van der Waals surface area contributed by atoms with Gasteiger partial charge in [-0.05, 0) is 20.3 Å². The van der Waals surface area contributed by atoms with Crippen LogP contribution in [0.25, 0.3) is 0 Å². The maximum absolute atomic E-state index is 10.5. The highest BCUT2D eigenvalue weighted by molar-refractivity contribution is 5.13. The molecule has 2 saturated heterocycles. The Bertz CT molecular complexity index is 280. The minimum absolute atomic E-state index is 0.274. The van der Waals surface area contributed by atoms with E-state index in [0.717, 1.165) is 0 Å². The molecule has 0 radical (unpaired) electrons. The summed E-state index contributed by atoms with van der Waals surface area (Å²) in [5.41, 5.74) is -2.04. The van der Waals surface area contributed by atoms with E-state index in [1.54, 1.807) is 13.8 Å². The Morgan fingerprint density at radius 3 is 2.31 bits per heavy atom. The standard InChI is InChI=1S/C11H20O5/c1-4-7-11(3,14)10(2)8(13)6(5-12)15-9(10)16-7/h6-9,12-14H,4-5H2,1-3H3/t6-,7-,8+,9+,10+,11+/m0/s1. The zero-order chi connectivity index (χ0) is 12.1. The van der Waals surface area contributed by atoms with Gasteiger partial charge in [-0.2, -0.15) is 0 Å². The minimum atomic E-state index is -1.16. The Morgan fingerprint density at radius 2 is 1.88 bits per heavy atom. The van der Waals surface area contributed by atoms with E-state index in [-0.39, 0.29) is 12.7 Å². The topological polar surface area (TPSA) is 79.2 Å². The molecular weight excluding hydrogens is 212 g/mol. The summed E-state index contributed by atoms with van der Waals surface area (Å²) < 4.78 is 11.0. The van der Waals surface area contributed by atoms with Gasteiger partial charge in [0.05, 0.1) is 24.2 Å². The monoisotopic (exact) mass is 232 g/mol. The predicted molar refractivity (Wildman–Crippen MR) is 55.6 cm³/mol. The zero-order valence-electron chi connectivity index (χ0n) is 9.88. The smallest absolute Gasteiger partial charge is 0.169 e. The van der Waals surface area contributed by atoms with Crippen molar-refractivity contribution in [1.82, 2.24) is 0 Å². The number of hydrogen-bond donors (Lipinski definition) is 3. The molecule has 0 aromatic heterocycles. The van der Waals surface area contributed by atoms with Gasteiger partial charge in [0.25, 0.3) is 0 Å². The molecule has 2 aliphatic rings. The van der Waals surface area contributed by atoms with E-state index < -0.39 is 29.5 Å². The molecule has 0 amide bonds. The van der Waals surface area contributed by atoms with Crippen LogP contribution in [0.2, 0.25) is 0 Å². The molecule has 0 aromatic carbocycles. The third kappa shape index (κ3) is 1.23. The molecule has 6 atom stereocenters. The van der Waals surface area contributed by atoms with Crippen LogP contribution in [0.1, 0.15) is 27.2 Å². The SMILES string of the molecule is CC[C@@H]1O[C@H]2O[C@@H](CO)[C@@H](O)[C@@]2(C)[C@]1(C)O. The highest BCUT2D eigenvalue weighted by atomic mass is 16.7. The molecule has 3 N–H and O–H groups in total. The van der Waals surface area contributed by atoms with Gasteiger partial charge in [-0.3, -0.25) is 0 Å². The first-order valence-corrected chi connectivity index (χ1v) is 5.71. The first kappa shape index (κ1) is 12.3. The van der Waals surface area contributed by atoms with Crippen LogP contribution in [0.4, 0.5) is 0 Å². The van der Waals surface area contributed by atoms with Gasteiger partial charge in [-0.15, -0.1) is 0 Å². The molecule has 2 fully saturated rings. The average molecular weight is 232 g/mol. The van der Waals surface area contributed by atoms with Crippen molar-refractivity contribution in [3.05, 3.63) is 0 Å². The lowest BCUT2D eigenvalue weighted by Crippen LogP contribution is -2.54. The van der Waals surface area contributed by atoms with Crippen molar-refractivity contribution in [2.75, 3.05) is 6.61 Å². The van der Waals surface area contributed by atoms with Crippen LogP contribution in [0.5, 0.6) is 0 Å². The lowest BCUT2D eigenvalue weighted by atomic mass is 9.69. The molecule has 94 valence electrons. The maximum atomic E-state index is 10.5. The summed E-state index contributed by atoms with van der Waals surface area (Å²) in [4.78, 5) is 0. The largest absolute Gasteiger partial charge is 0.394 e. The van der Waals surface area contributed by atoms with Crippen LogP contribution in [0, 0.1) is 5.41 Å². The summed E-state index contributed by atoms with van der Waals surface area (Å²) in [5, 5.41) is 29.7. The fourth-order valence-corrected chi connectivity index (χ4v) is 2.88. The van der Waals surface area contributed by atoms with Crippen LogP contribution in [0.3, 0.4) is 0 Å². The molecule has 2 heterocycles. The first-order valence-electron chi connectivity index (χ1n) is 5.71. The summed E-state index contributed by atoms with van der Waals surface area (Å²) in [6, 6.07) is 0. The van der Waals surface area contributed by atoms with E-state index in [2.05, 4.69) is 0 Å². The number of fused-ring (bicyclic) bond motifs is 1. The van der Waals surface area contributed by atoms with Crippen molar-refractivity contribution in [1.29, 1.82) is 0 Å². The van der Waals surface area contributed by atoms with E-state index in [9.17, 15) is 10.2 Å². The normalized spacial score (nSPS) is 56.6. The zero-order valence-corrected chi connectivity index (χ0v) is 9.88. The molecule has 0 bridgehead atoms. The third-order valence-electron chi connectivity index (χ3n) is 4.31. The van der Waals surface area contributed by atoms with Gasteiger partial charge < -0.3 is 24.8 Å². The molecule has 2 rings (SSSR count). The minimum Gasteiger partial charge on any atom is -0.394 e. The van der Waals surface area contributed by atoms with Gasteiger partial charge in [-0.25, -0.2) is 0 Å². The number of aliphatic hydroxyl groups excluding tert-OH is 2. The van der Waals surface area contributed by atoms with Crippen molar-refractivity contribution in [2.24, 2.45) is 5.41 Å². The van der Waals surface area contributed by atoms with E-state index in [0.29, 0.717) is 6.42 Å². The fourth-order valence-electron chi connectivity index (χ4n) is 2.88.